The Balaban J connectivity index is 1.86. The molecule has 2 atom stereocenters. The van der Waals surface area contributed by atoms with Gasteiger partial charge < -0.3 is 5.32 Å². The number of amides is 1. The van der Waals surface area contributed by atoms with E-state index in [1.54, 1.807) is 19.2 Å². The molecule has 2 rings (SSSR count). The quantitative estimate of drug-likeness (QED) is 0.881. The summed E-state index contributed by atoms with van der Waals surface area (Å²) in [6, 6.07) is 7.14. The molecule has 1 fully saturated rings. The first-order chi connectivity index (χ1) is 10.3. The predicted octanol–water partition coefficient (Wildman–Crippen LogP) is 1.64. The summed E-state index contributed by atoms with van der Waals surface area (Å²) in [5, 5.41) is 3.57. The van der Waals surface area contributed by atoms with Gasteiger partial charge in [-0.25, -0.2) is 8.42 Å². The molecule has 2 unspecified atom stereocenters. The van der Waals surface area contributed by atoms with E-state index in [9.17, 15) is 13.2 Å². The maximum Gasteiger partial charge on any atom is 0.234 e. The third-order valence-electron chi connectivity index (χ3n) is 3.97. The topological polar surface area (TPSA) is 66.5 Å². The van der Waals surface area contributed by atoms with Gasteiger partial charge >= 0.3 is 0 Å². The van der Waals surface area contributed by atoms with E-state index in [1.807, 2.05) is 24.0 Å². The molecule has 7 heteroatoms. The first kappa shape index (κ1) is 17.2. The molecule has 22 heavy (non-hydrogen) atoms. The van der Waals surface area contributed by atoms with Crippen LogP contribution in [0.25, 0.3) is 0 Å². The molecule has 1 aromatic carbocycles. The SMILES string of the molecule is CC(NC(=O)CN(C)C1CCS(=O)(=O)C1)c1ccc(Cl)cc1. The van der Waals surface area contributed by atoms with Crippen molar-refractivity contribution in [3.05, 3.63) is 34.9 Å². The fraction of sp³-hybridized carbons (Fsp3) is 0.533. The highest BCUT2D eigenvalue weighted by Crippen LogP contribution is 2.17. The Hall–Kier alpha value is -1.11. The summed E-state index contributed by atoms with van der Waals surface area (Å²) in [4.78, 5) is 13.9. The fourth-order valence-corrected chi connectivity index (χ4v) is 4.53. The molecule has 1 aliphatic rings. The molecule has 0 aromatic heterocycles. The second-order valence-corrected chi connectivity index (χ2v) is 8.48. The van der Waals surface area contributed by atoms with Gasteiger partial charge in [0.25, 0.3) is 0 Å². The van der Waals surface area contributed by atoms with E-state index in [-0.39, 0.29) is 36.0 Å². The van der Waals surface area contributed by atoms with Crippen molar-refractivity contribution in [3.63, 3.8) is 0 Å². The largest absolute Gasteiger partial charge is 0.348 e. The second kappa shape index (κ2) is 6.98. The van der Waals surface area contributed by atoms with Crippen LogP contribution in [0.1, 0.15) is 24.9 Å². The predicted molar refractivity (Wildman–Crippen MR) is 87.7 cm³/mol. The van der Waals surface area contributed by atoms with Crippen molar-refractivity contribution in [2.75, 3.05) is 25.1 Å². The molecule has 0 saturated carbocycles. The number of likely N-dealkylation sites (N-methyl/N-ethyl adjacent to an activating group) is 1. The van der Waals surface area contributed by atoms with Gasteiger partial charge in [-0.2, -0.15) is 0 Å². The zero-order chi connectivity index (χ0) is 16.3. The van der Waals surface area contributed by atoms with Gasteiger partial charge in [0.15, 0.2) is 9.84 Å². The van der Waals surface area contributed by atoms with E-state index in [2.05, 4.69) is 5.32 Å². The van der Waals surface area contributed by atoms with Gasteiger partial charge in [0.2, 0.25) is 5.91 Å². The highest BCUT2D eigenvalue weighted by atomic mass is 35.5. The van der Waals surface area contributed by atoms with Crippen LogP contribution in [0.2, 0.25) is 5.02 Å². The number of hydrogen-bond donors (Lipinski definition) is 1. The maximum absolute atomic E-state index is 12.1. The number of carbonyl (C=O) groups excluding carboxylic acids is 1. The summed E-state index contributed by atoms with van der Waals surface area (Å²) in [6.45, 7) is 2.10. The zero-order valence-electron chi connectivity index (χ0n) is 12.8. The second-order valence-electron chi connectivity index (χ2n) is 5.81. The highest BCUT2D eigenvalue weighted by molar-refractivity contribution is 7.91. The number of nitrogens with one attached hydrogen (secondary N) is 1. The van der Waals surface area contributed by atoms with Crippen molar-refractivity contribution in [3.8, 4) is 0 Å². The van der Waals surface area contributed by atoms with E-state index in [1.165, 1.54) is 0 Å². The molecular weight excluding hydrogens is 324 g/mol. The van der Waals surface area contributed by atoms with E-state index in [0.717, 1.165) is 5.56 Å². The van der Waals surface area contributed by atoms with Crippen LogP contribution in [0.15, 0.2) is 24.3 Å². The van der Waals surface area contributed by atoms with Crippen molar-refractivity contribution in [1.82, 2.24) is 10.2 Å². The molecule has 1 saturated heterocycles. The minimum Gasteiger partial charge on any atom is -0.348 e. The number of carbonyl (C=O) groups is 1. The Kier molecular flexibility index (Phi) is 5.47. The zero-order valence-corrected chi connectivity index (χ0v) is 14.3. The average molecular weight is 345 g/mol. The summed E-state index contributed by atoms with van der Waals surface area (Å²) in [5.74, 6) is 0.239. The molecular formula is C15H21ClN2O3S. The third kappa shape index (κ3) is 4.69. The van der Waals surface area contributed by atoms with Crippen LogP contribution in [0.3, 0.4) is 0 Å². The molecule has 1 heterocycles. The van der Waals surface area contributed by atoms with Crippen molar-refractivity contribution in [2.24, 2.45) is 0 Å². The van der Waals surface area contributed by atoms with Crippen LogP contribution in [-0.4, -0.2) is 50.4 Å². The summed E-state index contributed by atoms with van der Waals surface area (Å²) in [7, 11) is -1.14. The van der Waals surface area contributed by atoms with Gasteiger partial charge in [-0.1, -0.05) is 23.7 Å². The van der Waals surface area contributed by atoms with E-state index in [4.69, 9.17) is 11.6 Å². The van der Waals surface area contributed by atoms with Crippen LogP contribution in [0.4, 0.5) is 0 Å². The van der Waals surface area contributed by atoms with E-state index < -0.39 is 9.84 Å². The molecule has 0 aliphatic carbocycles. The lowest BCUT2D eigenvalue weighted by atomic mass is 10.1. The Morgan fingerprint density at radius 3 is 2.59 bits per heavy atom. The number of halogens is 1. The van der Waals surface area contributed by atoms with Crippen LogP contribution < -0.4 is 5.32 Å². The lowest BCUT2D eigenvalue weighted by molar-refractivity contribution is -0.123. The Bertz CT molecular complexity index is 631. The van der Waals surface area contributed by atoms with E-state index >= 15 is 0 Å². The van der Waals surface area contributed by atoms with E-state index in [0.29, 0.717) is 11.4 Å². The smallest absolute Gasteiger partial charge is 0.234 e. The summed E-state index contributed by atoms with van der Waals surface area (Å²) >= 11 is 5.84. The minimum atomic E-state index is -2.93. The lowest BCUT2D eigenvalue weighted by Crippen LogP contribution is -2.41. The Labute approximate surface area is 136 Å². The molecule has 0 radical (unpaired) electrons. The maximum atomic E-state index is 12.1. The molecule has 0 spiro atoms. The monoisotopic (exact) mass is 344 g/mol. The summed E-state index contributed by atoms with van der Waals surface area (Å²) < 4.78 is 23.0. The first-order valence-electron chi connectivity index (χ1n) is 7.22. The van der Waals surface area contributed by atoms with Crippen molar-refractivity contribution >= 4 is 27.3 Å². The fourth-order valence-electron chi connectivity index (χ4n) is 2.60. The Morgan fingerprint density at radius 2 is 2.05 bits per heavy atom. The van der Waals surface area contributed by atoms with Gasteiger partial charge in [-0.15, -0.1) is 0 Å². The van der Waals surface area contributed by atoms with Crippen molar-refractivity contribution in [1.29, 1.82) is 0 Å². The molecule has 1 aliphatic heterocycles. The standard InChI is InChI=1S/C15H21ClN2O3S/c1-11(12-3-5-13(16)6-4-12)17-15(19)9-18(2)14-7-8-22(20,21)10-14/h3-6,11,14H,7-10H2,1-2H3,(H,17,19). The minimum absolute atomic E-state index is 0.0680. The normalized spacial score (nSPS) is 21.7. The number of hydrogen-bond acceptors (Lipinski definition) is 4. The van der Waals surface area contributed by atoms with Crippen molar-refractivity contribution < 1.29 is 13.2 Å². The summed E-state index contributed by atoms with van der Waals surface area (Å²) in [5.41, 5.74) is 0.976. The molecule has 0 bridgehead atoms. The van der Waals surface area contributed by atoms with Crippen molar-refractivity contribution in [2.45, 2.75) is 25.4 Å². The molecule has 1 aromatic rings. The lowest BCUT2D eigenvalue weighted by Gasteiger charge is -2.23. The van der Waals surface area contributed by atoms with Crippen LogP contribution >= 0.6 is 11.6 Å². The van der Waals surface area contributed by atoms with Crippen LogP contribution in [0, 0.1) is 0 Å². The number of sulfone groups is 1. The van der Waals surface area contributed by atoms with Gasteiger partial charge in [0.05, 0.1) is 24.1 Å². The van der Waals surface area contributed by atoms with Crippen LogP contribution in [-0.2, 0) is 14.6 Å². The summed E-state index contributed by atoms with van der Waals surface area (Å²) in [6.07, 6.45) is 0.596. The molecule has 1 amide bonds. The van der Waals surface area contributed by atoms with Gasteiger partial charge in [0.1, 0.15) is 0 Å². The third-order valence-corrected chi connectivity index (χ3v) is 5.97. The highest BCUT2D eigenvalue weighted by Gasteiger charge is 2.31. The Morgan fingerprint density at radius 1 is 1.41 bits per heavy atom. The average Bonchev–Trinajstić information content (AvgIpc) is 2.79. The number of nitrogens with zero attached hydrogens (tertiary/aromatic N) is 1. The van der Waals surface area contributed by atoms with Gasteiger partial charge in [-0.3, -0.25) is 9.69 Å². The number of rotatable bonds is 5. The molecule has 122 valence electrons. The first-order valence-corrected chi connectivity index (χ1v) is 9.42. The number of benzene rings is 1. The molecule has 1 N–H and O–H groups in total. The van der Waals surface area contributed by atoms with Crippen LogP contribution in [0.5, 0.6) is 0 Å². The van der Waals surface area contributed by atoms with Gasteiger partial charge in [0, 0.05) is 11.1 Å². The van der Waals surface area contributed by atoms with Gasteiger partial charge in [-0.05, 0) is 38.1 Å². The molecule has 5 nitrogen and oxygen atoms in total.